The summed E-state index contributed by atoms with van der Waals surface area (Å²) in [5.41, 5.74) is -0.904. The highest BCUT2D eigenvalue weighted by Gasteiger charge is 2.55. The fraction of sp³-hybridized carbons (Fsp3) is 0.588. The Bertz CT molecular complexity index is 1600. The second kappa shape index (κ2) is 11.6. The van der Waals surface area contributed by atoms with Crippen molar-refractivity contribution in [1.29, 1.82) is 0 Å². The van der Waals surface area contributed by atoms with Crippen molar-refractivity contribution in [2.75, 3.05) is 12.8 Å². The third kappa shape index (κ3) is 6.35. The average Bonchev–Trinajstić information content (AvgIpc) is 3.53. The molecule has 45 heavy (non-hydrogen) atoms. The van der Waals surface area contributed by atoms with Crippen molar-refractivity contribution < 1.29 is 31.5 Å². The number of sulfonamides is 1. The van der Waals surface area contributed by atoms with E-state index in [1.807, 2.05) is 6.07 Å². The van der Waals surface area contributed by atoms with Crippen LogP contribution in [0.5, 0.6) is 5.75 Å². The monoisotopic (exact) mass is 643 g/mol. The van der Waals surface area contributed by atoms with Crippen LogP contribution < -0.4 is 20.1 Å². The fourth-order valence-corrected chi connectivity index (χ4v) is 7.91. The number of alkyl halides is 1. The van der Waals surface area contributed by atoms with Gasteiger partial charge in [-0.2, -0.15) is 0 Å². The normalized spacial score (nSPS) is 26.2. The molecule has 0 unspecified atom stereocenters. The molecule has 2 amide bonds. The minimum atomic E-state index is -3.78. The summed E-state index contributed by atoms with van der Waals surface area (Å²) in [6, 6.07) is 10.0. The van der Waals surface area contributed by atoms with Crippen molar-refractivity contribution in [3.8, 4) is 16.9 Å². The van der Waals surface area contributed by atoms with Crippen LogP contribution in [0.1, 0.15) is 95.1 Å². The van der Waals surface area contributed by atoms with Gasteiger partial charge in [0.1, 0.15) is 17.7 Å². The van der Waals surface area contributed by atoms with E-state index in [4.69, 9.17) is 4.74 Å². The molecule has 3 saturated carbocycles. The zero-order valence-electron chi connectivity index (χ0n) is 26.2. The maximum atomic E-state index is 15.6. The minimum absolute atomic E-state index is 0.0384. The van der Waals surface area contributed by atoms with Crippen molar-refractivity contribution in [3.05, 3.63) is 53.3 Å². The molecule has 2 aromatic rings. The number of benzene rings is 2. The summed E-state index contributed by atoms with van der Waals surface area (Å²) in [6.07, 6.45) is 8.31. The summed E-state index contributed by atoms with van der Waals surface area (Å²) in [5, 5.41) is 6.18. The van der Waals surface area contributed by atoms with Crippen molar-refractivity contribution >= 4 is 21.8 Å². The molecular weight excluding hydrogens is 600 g/mol. The SMILES string of the molecule is CC(C)(C(=O)NS(C)(=O)=O)c1ccc(O[C@@H]2CC[C@@H](NC(=O)[C@@]3(F)CNC4(CCC4)C3)C2)c(-c2cccc(F)c2C2CCC2)c1. The van der Waals surface area contributed by atoms with Gasteiger partial charge in [-0.25, -0.2) is 17.2 Å². The van der Waals surface area contributed by atoms with Crippen LogP contribution in [0.4, 0.5) is 8.78 Å². The van der Waals surface area contributed by atoms with E-state index in [0.29, 0.717) is 47.3 Å². The number of amides is 2. The summed E-state index contributed by atoms with van der Waals surface area (Å²) in [5.74, 6) is -0.952. The predicted molar refractivity (Wildman–Crippen MR) is 168 cm³/mol. The Hall–Kier alpha value is -3.05. The molecule has 1 spiro atoms. The summed E-state index contributed by atoms with van der Waals surface area (Å²) in [7, 11) is -3.78. The van der Waals surface area contributed by atoms with Crippen molar-refractivity contribution in [3.63, 3.8) is 0 Å². The summed E-state index contributed by atoms with van der Waals surface area (Å²) in [6.45, 7) is 3.32. The second-order valence-electron chi connectivity index (χ2n) is 14.2. The van der Waals surface area contributed by atoms with Crippen LogP contribution in [0.25, 0.3) is 11.1 Å². The molecule has 4 aliphatic rings. The number of nitrogens with one attached hydrogen (secondary N) is 3. The highest BCUT2D eigenvalue weighted by Crippen LogP contribution is 2.47. The van der Waals surface area contributed by atoms with Gasteiger partial charge in [0.2, 0.25) is 21.6 Å². The Morgan fingerprint density at radius 3 is 2.42 bits per heavy atom. The van der Waals surface area contributed by atoms with Gasteiger partial charge in [0.15, 0.2) is 0 Å². The lowest BCUT2D eigenvalue weighted by atomic mass is 9.74. The largest absolute Gasteiger partial charge is 0.490 e. The van der Waals surface area contributed by atoms with Crippen LogP contribution in [-0.4, -0.2) is 56.4 Å². The molecule has 1 saturated heterocycles. The summed E-state index contributed by atoms with van der Waals surface area (Å²) in [4.78, 5) is 26.1. The van der Waals surface area contributed by atoms with Gasteiger partial charge in [0, 0.05) is 36.5 Å². The Morgan fingerprint density at radius 2 is 1.80 bits per heavy atom. The highest BCUT2D eigenvalue weighted by molar-refractivity contribution is 7.89. The number of carbonyl (C=O) groups excluding carboxylic acids is 2. The number of carbonyl (C=O) groups is 2. The van der Waals surface area contributed by atoms with E-state index in [-0.39, 0.29) is 42.4 Å². The van der Waals surface area contributed by atoms with Crippen LogP contribution in [0.3, 0.4) is 0 Å². The van der Waals surface area contributed by atoms with Gasteiger partial charge in [-0.1, -0.05) is 24.6 Å². The molecule has 1 heterocycles. The van der Waals surface area contributed by atoms with E-state index >= 15 is 8.78 Å². The zero-order chi connectivity index (χ0) is 32.2. The molecule has 4 fully saturated rings. The third-order valence-electron chi connectivity index (χ3n) is 10.5. The molecule has 3 aliphatic carbocycles. The van der Waals surface area contributed by atoms with Crippen LogP contribution in [0.15, 0.2) is 36.4 Å². The number of ether oxygens (including phenoxy) is 1. The maximum Gasteiger partial charge on any atom is 0.259 e. The number of hydrogen-bond acceptors (Lipinski definition) is 6. The van der Waals surface area contributed by atoms with E-state index in [2.05, 4.69) is 15.4 Å². The predicted octanol–water partition coefficient (Wildman–Crippen LogP) is 5.15. The van der Waals surface area contributed by atoms with Crippen LogP contribution >= 0.6 is 0 Å². The quantitative estimate of drug-likeness (QED) is 0.348. The van der Waals surface area contributed by atoms with Gasteiger partial charge >= 0.3 is 0 Å². The standard InChI is InChI=1S/C34H43F2N3O5S/c1-32(2,30(40)39-45(3,42)43)22-11-14-28(26(17-22)25-9-5-10-27(35)29(25)21-7-4-8-21)44-24-13-12-23(18-24)38-31(41)34(36)19-33(37-20-34)15-6-16-33/h5,9-11,14,17,21,23-24,37H,4,6-8,12-13,15-16,18-20H2,1-3H3,(H,38,41)(H,39,40)/t23-,24-,34+/m1/s1. The van der Waals surface area contributed by atoms with Gasteiger partial charge < -0.3 is 15.4 Å². The van der Waals surface area contributed by atoms with Gasteiger partial charge in [-0.05, 0) is 99.6 Å². The fourth-order valence-electron chi connectivity index (χ4n) is 7.32. The van der Waals surface area contributed by atoms with Gasteiger partial charge in [0.25, 0.3) is 5.91 Å². The minimum Gasteiger partial charge on any atom is -0.490 e. The highest BCUT2D eigenvalue weighted by atomic mass is 32.2. The molecule has 8 nitrogen and oxygen atoms in total. The molecule has 11 heteroatoms. The van der Waals surface area contributed by atoms with Crippen LogP contribution in [-0.2, 0) is 25.0 Å². The third-order valence-corrected chi connectivity index (χ3v) is 11.1. The first-order valence-corrected chi connectivity index (χ1v) is 17.9. The van der Waals surface area contributed by atoms with Crippen molar-refractivity contribution in [2.45, 2.75) is 113 Å². The first-order valence-electron chi connectivity index (χ1n) is 16.1. The van der Waals surface area contributed by atoms with Gasteiger partial charge in [-0.3, -0.25) is 14.3 Å². The first kappa shape index (κ1) is 31.9. The zero-order valence-corrected chi connectivity index (χ0v) is 27.0. The first-order chi connectivity index (χ1) is 21.2. The number of rotatable bonds is 9. The second-order valence-corrected chi connectivity index (χ2v) is 16.0. The lowest BCUT2D eigenvalue weighted by Crippen LogP contribution is -2.49. The lowest BCUT2D eigenvalue weighted by Gasteiger charge is -2.38. The Morgan fingerprint density at radius 1 is 1.04 bits per heavy atom. The van der Waals surface area contributed by atoms with Gasteiger partial charge in [0.05, 0.1) is 11.7 Å². The molecule has 244 valence electrons. The van der Waals surface area contributed by atoms with E-state index in [0.717, 1.165) is 44.8 Å². The molecule has 3 atom stereocenters. The summed E-state index contributed by atoms with van der Waals surface area (Å²) >= 11 is 0. The van der Waals surface area contributed by atoms with E-state index in [1.165, 1.54) is 6.07 Å². The van der Waals surface area contributed by atoms with Crippen molar-refractivity contribution in [1.82, 2.24) is 15.4 Å². The molecule has 2 aromatic carbocycles. The van der Waals surface area contributed by atoms with Crippen LogP contribution in [0, 0.1) is 5.82 Å². The Balaban J connectivity index is 1.25. The molecule has 1 aliphatic heterocycles. The Kier molecular flexibility index (Phi) is 8.25. The van der Waals surface area contributed by atoms with E-state index in [1.54, 1.807) is 38.1 Å². The lowest BCUT2D eigenvalue weighted by molar-refractivity contribution is -0.133. The Labute approximate surface area is 264 Å². The van der Waals surface area contributed by atoms with Gasteiger partial charge in [-0.15, -0.1) is 0 Å². The average molecular weight is 644 g/mol. The van der Waals surface area contributed by atoms with Crippen LogP contribution in [0.2, 0.25) is 0 Å². The smallest absolute Gasteiger partial charge is 0.259 e. The molecule has 0 bridgehead atoms. The molecule has 0 aromatic heterocycles. The summed E-state index contributed by atoms with van der Waals surface area (Å²) < 4.78 is 63.3. The molecule has 6 rings (SSSR count). The topological polar surface area (TPSA) is 114 Å². The number of halogens is 2. The number of hydrogen-bond donors (Lipinski definition) is 3. The van der Waals surface area contributed by atoms with E-state index in [9.17, 15) is 18.0 Å². The molecular formula is C34H43F2N3O5S. The van der Waals surface area contributed by atoms with Crippen molar-refractivity contribution in [2.24, 2.45) is 0 Å². The molecule has 0 radical (unpaired) electrons. The van der Waals surface area contributed by atoms with E-state index < -0.39 is 32.9 Å². The molecule has 3 N–H and O–H groups in total. The maximum absolute atomic E-state index is 15.6.